The number of aromatic nitrogens is 1. The van der Waals surface area contributed by atoms with E-state index in [-0.39, 0.29) is 30.4 Å². The quantitative estimate of drug-likeness (QED) is 0.400. The maximum atomic E-state index is 13.2. The van der Waals surface area contributed by atoms with Crippen LogP contribution < -0.4 is 15.0 Å². The summed E-state index contributed by atoms with van der Waals surface area (Å²) in [4.78, 5) is 27.8. The molecule has 1 fully saturated rings. The summed E-state index contributed by atoms with van der Waals surface area (Å²) in [6.45, 7) is 6.68. The van der Waals surface area contributed by atoms with Crippen LogP contribution in [0.1, 0.15) is 24.5 Å². The van der Waals surface area contributed by atoms with E-state index in [2.05, 4.69) is 4.90 Å². The third-order valence-corrected chi connectivity index (χ3v) is 6.73. The van der Waals surface area contributed by atoms with Gasteiger partial charge in [-0.15, -0.1) is 0 Å². The Hall–Kier alpha value is -3.69. The molecule has 4 rings (SSSR count). The Labute approximate surface area is 228 Å². The molecule has 1 unspecified atom stereocenters. The number of aliphatic hydroxyl groups is 1. The molecule has 2 aromatic carbocycles. The number of hydrogen-bond acceptors (Lipinski definition) is 6. The molecule has 0 aliphatic carbocycles. The van der Waals surface area contributed by atoms with Gasteiger partial charge in [-0.3, -0.25) is 14.5 Å². The standard InChI is InChI=1S/C30H36FN3O5/c1-23-4-13-29(36)33(18-23)14-3-17-38-27-9-5-25(6-10-27)19-32-15-16-34(24(2)35)21-30(37,20-32)22-39-28-11-7-26(31)8-12-28/h4-13,18,37H,3,14-17,19-22H2,1-2H3. The number of pyridine rings is 1. The molecular formula is C30H36FN3O5. The highest BCUT2D eigenvalue weighted by Crippen LogP contribution is 2.21. The Morgan fingerprint density at radius 3 is 2.38 bits per heavy atom. The molecule has 9 heteroatoms. The minimum absolute atomic E-state index is 0.0150. The second-order valence-corrected chi connectivity index (χ2v) is 10.2. The first kappa shape index (κ1) is 28.3. The first-order chi connectivity index (χ1) is 18.7. The van der Waals surface area contributed by atoms with Crippen LogP contribution >= 0.6 is 0 Å². The minimum atomic E-state index is -1.29. The second kappa shape index (κ2) is 12.9. The van der Waals surface area contributed by atoms with Gasteiger partial charge in [0, 0.05) is 51.9 Å². The molecule has 1 atom stereocenters. The number of halogens is 1. The van der Waals surface area contributed by atoms with Crippen molar-refractivity contribution in [2.24, 2.45) is 0 Å². The van der Waals surface area contributed by atoms with Crippen molar-refractivity contribution in [3.63, 3.8) is 0 Å². The van der Waals surface area contributed by atoms with Crippen LogP contribution in [0.4, 0.5) is 4.39 Å². The van der Waals surface area contributed by atoms with E-state index >= 15 is 0 Å². The molecule has 0 bridgehead atoms. The monoisotopic (exact) mass is 537 g/mol. The van der Waals surface area contributed by atoms with Crippen LogP contribution in [0.2, 0.25) is 0 Å². The predicted molar refractivity (Wildman–Crippen MR) is 146 cm³/mol. The highest BCUT2D eigenvalue weighted by Gasteiger charge is 2.36. The van der Waals surface area contributed by atoms with Gasteiger partial charge >= 0.3 is 0 Å². The lowest BCUT2D eigenvalue weighted by atomic mass is 10.0. The van der Waals surface area contributed by atoms with Gasteiger partial charge in [0.25, 0.3) is 5.56 Å². The van der Waals surface area contributed by atoms with Crippen molar-refractivity contribution in [2.75, 3.05) is 39.4 Å². The molecule has 39 heavy (non-hydrogen) atoms. The summed E-state index contributed by atoms with van der Waals surface area (Å²) in [6.07, 6.45) is 2.57. The summed E-state index contributed by atoms with van der Waals surface area (Å²) in [5, 5.41) is 11.4. The lowest BCUT2D eigenvalue weighted by molar-refractivity contribution is -0.132. The van der Waals surface area contributed by atoms with Gasteiger partial charge in [0.15, 0.2) is 0 Å². The summed E-state index contributed by atoms with van der Waals surface area (Å²) in [5.41, 5.74) is 0.785. The summed E-state index contributed by atoms with van der Waals surface area (Å²) >= 11 is 0. The molecule has 0 saturated carbocycles. The van der Waals surface area contributed by atoms with Crippen LogP contribution in [0, 0.1) is 12.7 Å². The Kier molecular flexibility index (Phi) is 9.37. The number of β-amino-alcohol motifs (C(OH)–C–C–N with tert-alkyl or cyclic N) is 1. The molecule has 1 saturated heterocycles. The van der Waals surface area contributed by atoms with Crippen LogP contribution in [0.25, 0.3) is 0 Å². The zero-order valence-corrected chi connectivity index (χ0v) is 22.5. The third-order valence-electron chi connectivity index (χ3n) is 6.73. The fourth-order valence-corrected chi connectivity index (χ4v) is 4.69. The third kappa shape index (κ3) is 8.40. The molecule has 8 nitrogen and oxygen atoms in total. The Bertz CT molecular complexity index is 1300. The molecule has 3 aromatic rings. The maximum absolute atomic E-state index is 13.2. The van der Waals surface area contributed by atoms with Gasteiger partial charge in [0.2, 0.25) is 5.91 Å². The fourth-order valence-electron chi connectivity index (χ4n) is 4.69. The first-order valence-electron chi connectivity index (χ1n) is 13.2. The summed E-state index contributed by atoms with van der Waals surface area (Å²) in [5.74, 6) is 0.737. The van der Waals surface area contributed by atoms with Crippen molar-refractivity contribution >= 4 is 5.91 Å². The van der Waals surface area contributed by atoms with Crippen LogP contribution in [0.3, 0.4) is 0 Å². The van der Waals surface area contributed by atoms with Gasteiger partial charge in [-0.25, -0.2) is 4.39 Å². The lowest BCUT2D eigenvalue weighted by Crippen LogP contribution is -2.51. The van der Waals surface area contributed by atoms with E-state index in [9.17, 15) is 19.1 Å². The smallest absolute Gasteiger partial charge is 0.250 e. The molecule has 1 aliphatic rings. The Morgan fingerprint density at radius 2 is 1.67 bits per heavy atom. The molecule has 1 N–H and O–H groups in total. The average molecular weight is 538 g/mol. The molecule has 208 valence electrons. The summed E-state index contributed by atoms with van der Waals surface area (Å²) in [6, 6.07) is 16.8. The zero-order chi connectivity index (χ0) is 27.8. The molecule has 1 aliphatic heterocycles. The molecule has 0 radical (unpaired) electrons. The molecule has 2 heterocycles. The molecule has 1 amide bonds. The number of rotatable bonds is 10. The summed E-state index contributed by atoms with van der Waals surface area (Å²) < 4.78 is 26.6. The molecular weight excluding hydrogens is 501 g/mol. The Balaban J connectivity index is 1.31. The SMILES string of the molecule is CC(=O)N1CCN(Cc2ccc(OCCCn3cc(C)ccc3=O)cc2)CC(O)(COc2ccc(F)cc2)C1. The number of nitrogens with zero attached hydrogens (tertiary/aromatic N) is 3. The van der Waals surface area contributed by atoms with Gasteiger partial charge in [0.05, 0.1) is 13.2 Å². The van der Waals surface area contributed by atoms with E-state index in [1.165, 1.54) is 31.2 Å². The summed E-state index contributed by atoms with van der Waals surface area (Å²) in [7, 11) is 0. The number of ether oxygens (including phenoxy) is 2. The van der Waals surface area contributed by atoms with Gasteiger partial charge in [-0.05, 0) is 60.9 Å². The van der Waals surface area contributed by atoms with Crippen LogP contribution in [0.15, 0.2) is 71.7 Å². The topological polar surface area (TPSA) is 84.2 Å². The normalized spacial score (nSPS) is 18.0. The van der Waals surface area contributed by atoms with E-state index in [1.807, 2.05) is 43.5 Å². The van der Waals surface area contributed by atoms with Gasteiger partial charge in [0.1, 0.15) is 29.5 Å². The average Bonchev–Trinajstić information content (AvgIpc) is 3.08. The number of aryl methyl sites for hydroxylation is 2. The zero-order valence-electron chi connectivity index (χ0n) is 22.5. The number of benzene rings is 2. The molecule has 0 spiro atoms. The van der Waals surface area contributed by atoms with E-state index in [0.29, 0.717) is 51.5 Å². The lowest BCUT2D eigenvalue weighted by Gasteiger charge is -2.32. The number of carbonyl (C=O) groups excluding carboxylic acids is 1. The van der Waals surface area contributed by atoms with Gasteiger partial charge in [-0.1, -0.05) is 18.2 Å². The van der Waals surface area contributed by atoms with Gasteiger partial charge < -0.3 is 24.0 Å². The second-order valence-electron chi connectivity index (χ2n) is 10.2. The van der Waals surface area contributed by atoms with Crippen molar-refractivity contribution < 1.29 is 23.8 Å². The van der Waals surface area contributed by atoms with Crippen molar-refractivity contribution in [3.05, 3.63) is 94.2 Å². The van der Waals surface area contributed by atoms with E-state index in [1.54, 1.807) is 15.5 Å². The Morgan fingerprint density at radius 1 is 0.974 bits per heavy atom. The number of hydrogen-bond donors (Lipinski definition) is 1. The predicted octanol–water partition coefficient (Wildman–Crippen LogP) is 3.24. The minimum Gasteiger partial charge on any atom is -0.494 e. The van der Waals surface area contributed by atoms with E-state index in [0.717, 1.165) is 16.9 Å². The first-order valence-corrected chi connectivity index (χ1v) is 13.2. The maximum Gasteiger partial charge on any atom is 0.250 e. The van der Waals surface area contributed by atoms with Gasteiger partial charge in [-0.2, -0.15) is 0 Å². The largest absolute Gasteiger partial charge is 0.494 e. The van der Waals surface area contributed by atoms with Crippen LogP contribution in [-0.4, -0.2) is 70.4 Å². The fraction of sp³-hybridized carbons (Fsp3) is 0.400. The van der Waals surface area contributed by atoms with Crippen LogP contribution in [-0.2, 0) is 17.9 Å². The van der Waals surface area contributed by atoms with Crippen molar-refractivity contribution in [1.29, 1.82) is 0 Å². The number of amides is 1. The molecule has 1 aromatic heterocycles. The van der Waals surface area contributed by atoms with Crippen molar-refractivity contribution in [3.8, 4) is 11.5 Å². The highest BCUT2D eigenvalue weighted by molar-refractivity contribution is 5.73. The van der Waals surface area contributed by atoms with E-state index in [4.69, 9.17) is 9.47 Å². The number of carbonyl (C=O) groups is 1. The van der Waals surface area contributed by atoms with Crippen LogP contribution in [0.5, 0.6) is 11.5 Å². The van der Waals surface area contributed by atoms with E-state index < -0.39 is 5.60 Å². The van der Waals surface area contributed by atoms with Crippen molar-refractivity contribution in [2.45, 2.75) is 39.0 Å². The highest BCUT2D eigenvalue weighted by atomic mass is 19.1. The van der Waals surface area contributed by atoms with Crippen molar-refractivity contribution in [1.82, 2.24) is 14.4 Å².